The van der Waals surface area contributed by atoms with Gasteiger partial charge in [0.15, 0.2) is 23.3 Å². The summed E-state index contributed by atoms with van der Waals surface area (Å²) in [6.07, 6.45) is 46.2. The first kappa shape index (κ1) is 48.2. The van der Waals surface area contributed by atoms with Crippen molar-refractivity contribution >= 4 is 11.6 Å². The molecule has 0 unspecified atom stereocenters. The lowest BCUT2D eigenvalue weighted by atomic mass is 10.5. The van der Waals surface area contributed by atoms with Crippen molar-refractivity contribution in [2.24, 2.45) is 0 Å². The van der Waals surface area contributed by atoms with Gasteiger partial charge in [-0.25, -0.2) is 83.2 Å². The second-order valence-electron chi connectivity index (χ2n) is 14.7. The molecule has 0 atom stereocenters. The quantitative estimate of drug-likeness (QED) is 0.177. The highest BCUT2D eigenvalue weighted by molar-refractivity contribution is 6.29. The number of hydrogen-bond acceptors (Lipinski definition) is 19. The van der Waals surface area contributed by atoms with Gasteiger partial charge in [0.25, 0.3) is 5.95 Å². The standard InChI is InChI=1S/4C10H8N6.C7H5ClN4/c1-4-12-15(7-1)9-3-6-11-10(14-9)16-8-2-5-13-16;1-3-15(7-11-1)9-5-10(14-6-13-9)16-4-2-12-8-16;1-3-13-15(5-1)9-7-10(12-8-11-9)16-6-2-4-14-16;1-2-13-10(16-6-4-12-8-16)14-9(1)15-5-3-11-7-15;8-6-4-7(10-5-9-6)12-3-1-2-11-12/h4*1-8H;1-5H. The Bertz CT molecular complexity index is 3190. The van der Waals surface area contributed by atoms with E-state index in [9.17, 15) is 0 Å². The number of nitrogens with zero attached hydrogens (tertiary/aromatic N) is 28. The predicted molar refractivity (Wildman–Crippen MR) is 269 cm³/mol. The Hall–Kier alpha value is -11.4. The third kappa shape index (κ3) is 12.5. The van der Waals surface area contributed by atoms with Crippen molar-refractivity contribution in [3.05, 3.63) is 234 Å². The summed E-state index contributed by atoms with van der Waals surface area (Å²) in [5.74, 6) is 6.24. The van der Waals surface area contributed by atoms with Gasteiger partial charge in [0, 0.05) is 148 Å². The molecule has 0 fully saturated rings. The zero-order valence-electron chi connectivity index (χ0n) is 39.3. The molecular weight excluding hydrogens is 992 g/mol. The van der Waals surface area contributed by atoms with E-state index in [0.717, 1.165) is 17.5 Å². The predicted octanol–water partition coefficient (Wildman–Crippen LogP) is 4.71. The molecule has 0 N–H and O–H groups in total. The molecule has 76 heavy (non-hydrogen) atoms. The second kappa shape index (κ2) is 24.1. The van der Waals surface area contributed by atoms with Gasteiger partial charge in [-0.3, -0.25) is 18.3 Å². The fourth-order valence-electron chi connectivity index (χ4n) is 6.41. The van der Waals surface area contributed by atoms with Crippen molar-refractivity contribution in [3.63, 3.8) is 0 Å². The number of hydrogen-bond donors (Lipinski definition) is 0. The topological polar surface area (TPSA) is 289 Å². The van der Waals surface area contributed by atoms with Crippen LogP contribution in [0.15, 0.2) is 229 Å². The van der Waals surface area contributed by atoms with E-state index < -0.39 is 0 Å². The third-order valence-corrected chi connectivity index (χ3v) is 10.1. The maximum Gasteiger partial charge on any atom is 0.252 e. The van der Waals surface area contributed by atoms with Crippen LogP contribution in [0.25, 0.3) is 52.6 Å². The van der Waals surface area contributed by atoms with Crippen molar-refractivity contribution in [2.75, 3.05) is 0 Å². The largest absolute Gasteiger partial charge is 0.290 e. The van der Waals surface area contributed by atoms with Crippen LogP contribution >= 0.6 is 11.6 Å². The van der Waals surface area contributed by atoms with Crippen molar-refractivity contribution in [2.45, 2.75) is 0 Å². The van der Waals surface area contributed by atoms with E-state index in [0.29, 0.717) is 40.3 Å². The molecule has 29 heteroatoms. The second-order valence-corrected chi connectivity index (χ2v) is 15.1. The van der Waals surface area contributed by atoms with E-state index in [1.165, 1.54) is 19.0 Å². The molecule has 14 aromatic heterocycles. The molecule has 28 nitrogen and oxygen atoms in total. The van der Waals surface area contributed by atoms with Crippen molar-refractivity contribution in [3.8, 4) is 52.6 Å². The first-order valence-electron chi connectivity index (χ1n) is 22.3. The summed E-state index contributed by atoms with van der Waals surface area (Å²) in [5, 5.41) is 20.8. The summed E-state index contributed by atoms with van der Waals surface area (Å²) in [5.41, 5.74) is 0. The average Bonchev–Trinajstić information content (AvgIpc) is 4.33. The highest BCUT2D eigenvalue weighted by Gasteiger charge is 2.06. The first-order chi connectivity index (χ1) is 37.6. The minimum atomic E-state index is 0.413. The molecular formula is C47H37ClN28. The Labute approximate surface area is 433 Å². The van der Waals surface area contributed by atoms with Crippen LogP contribution in [0.5, 0.6) is 0 Å². The van der Waals surface area contributed by atoms with Gasteiger partial charge in [-0.2, -0.15) is 35.5 Å². The lowest BCUT2D eigenvalue weighted by molar-refractivity contribution is 0.774. The van der Waals surface area contributed by atoms with Crippen LogP contribution in [0.1, 0.15) is 0 Å². The van der Waals surface area contributed by atoms with E-state index in [1.54, 1.807) is 152 Å². The fraction of sp³-hybridized carbons (Fsp3) is 0. The zero-order valence-corrected chi connectivity index (χ0v) is 40.0. The minimum Gasteiger partial charge on any atom is -0.290 e. The fourth-order valence-corrected chi connectivity index (χ4v) is 6.55. The number of imidazole rings is 4. The molecule has 14 aromatic rings. The van der Waals surface area contributed by atoms with Gasteiger partial charge in [0.1, 0.15) is 66.9 Å². The van der Waals surface area contributed by atoms with Gasteiger partial charge in [0.2, 0.25) is 5.95 Å². The summed E-state index contributed by atoms with van der Waals surface area (Å²) < 4.78 is 15.5. The van der Waals surface area contributed by atoms with Crippen molar-refractivity contribution in [1.29, 1.82) is 0 Å². The van der Waals surface area contributed by atoms with Crippen LogP contribution in [0, 0.1) is 0 Å². The summed E-state index contributed by atoms with van der Waals surface area (Å²) in [7, 11) is 0. The molecule has 0 saturated carbocycles. The molecule has 14 rings (SSSR count). The van der Waals surface area contributed by atoms with E-state index in [2.05, 4.69) is 95.3 Å². The van der Waals surface area contributed by atoms with Crippen LogP contribution in [-0.4, -0.2) is 137 Å². The molecule has 0 aliphatic heterocycles. The van der Waals surface area contributed by atoms with E-state index in [4.69, 9.17) is 11.6 Å². The van der Waals surface area contributed by atoms with Gasteiger partial charge >= 0.3 is 0 Å². The SMILES string of the molecule is Clc1cc(-n2cccn2)ncn1.c1cn(-c2cc(-n3ccnc3)ncn2)cn1.c1cn(-c2ccnc(-n3ccnc3)n2)cn1.c1cnn(-c2cc(-n3cccn3)ncn2)c1.c1cnn(-c2ccnc(-n3cccn3)n2)c1. The van der Waals surface area contributed by atoms with Crippen molar-refractivity contribution < 1.29 is 0 Å². The molecule has 0 bridgehead atoms. The van der Waals surface area contributed by atoms with Crippen LogP contribution in [0.2, 0.25) is 5.15 Å². The molecule has 14 heterocycles. The molecule has 0 spiro atoms. The first-order valence-corrected chi connectivity index (χ1v) is 22.7. The van der Waals surface area contributed by atoms with E-state index in [-0.39, 0.29) is 0 Å². The average molecular weight is 1030 g/mol. The monoisotopic (exact) mass is 1030 g/mol. The maximum atomic E-state index is 5.67. The molecule has 372 valence electrons. The molecule has 0 aromatic carbocycles. The third-order valence-electron chi connectivity index (χ3n) is 9.86. The number of rotatable bonds is 9. The maximum absolute atomic E-state index is 5.67. The van der Waals surface area contributed by atoms with Crippen LogP contribution < -0.4 is 0 Å². The highest BCUT2D eigenvalue weighted by Crippen LogP contribution is 2.11. The van der Waals surface area contributed by atoms with Crippen LogP contribution in [-0.2, 0) is 0 Å². The number of halogens is 1. The Morgan fingerprint density at radius 1 is 0.289 bits per heavy atom. The molecule has 0 radical (unpaired) electrons. The highest BCUT2D eigenvalue weighted by atomic mass is 35.5. The van der Waals surface area contributed by atoms with Gasteiger partial charge in [-0.1, -0.05) is 11.6 Å². The van der Waals surface area contributed by atoms with Gasteiger partial charge in [0.05, 0.1) is 0 Å². The number of aromatic nitrogens is 28. The zero-order chi connectivity index (χ0) is 51.6. The Morgan fingerprint density at radius 3 is 1.11 bits per heavy atom. The van der Waals surface area contributed by atoms with E-state index >= 15 is 0 Å². The summed E-state index contributed by atoms with van der Waals surface area (Å²) in [4.78, 5) is 57.3. The summed E-state index contributed by atoms with van der Waals surface area (Å²) >= 11 is 5.67. The smallest absolute Gasteiger partial charge is 0.252 e. The molecule has 0 saturated heterocycles. The van der Waals surface area contributed by atoms with Crippen molar-refractivity contribution in [1.82, 2.24) is 137 Å². The summed E-state index contributed by atoms with van der Waals surface area (Å²) in [6.45, 7) is 0. The molecule has 0 aliphatic carbocycles. The van der Waals surface area contributed by atoms with Gasteiger partial charge in [-0.05, 0) is 36.4 Å². The molecule has 0 amide bonds. The minimum absolute atomic E-state index is 0.413. The Balaban J connectivity index is 0.000000108. The molecule has 0 aliphatic rings. The van der Waals surface area contributed by atoms with Gasteiger partial charge in [-0.15, -0.1) is 0 Å². The Kier molecular flexibility index (Phi) is 15.3. The van der Waals surface area contributed by atoms with Gasteiger partial charge < -0.3 is 0 Å². The van der Waals surface area contributed by atoms with Crippen LogP contribution in [0.3, 0.4) is 0 Å². The van der Waals surface area contributed by atoms with Crippen LogP contribution in [0.4, 0.5) is 0 Å². The van der Waals surface area contributed by atoms with E-state index in [1.807, 2.05) is 99.4 Å². The lowest BCUT2D eigenvalue weighted by Crippen LogP contribution is -2.05. The Morgan fingerprint density at radius 2 is 0.658 bits per heavy atom. The normalized spacial score (nSPS) is 10.4. The summed E-state index contributed by atoms with van der Waals surface area (Å²) in [6, 6.07) is 18.1. The lowest BCUT2D eigenvalue weighted by Gasteiger charge is -2.03.